The Hall–Kier alpha value is -3.20. The number of aromatic carboxylic acids is 1. The van der Waals surface area contributed by atoms with E-state index in [2.05, 4.69) is 25.5 Å². The van der Waals surface area contributed by atoms with Crippen LogP contribution in [0.4, 0.5) is 17.5 Å². The highest BCUT2D eigenvalue weighted by atomic mass is 32.1. The number of H-pyrrole nitrogens is 1. The molecule has 0 amide bonds. The third-order valence-corrected chi connectivity index (χ3v) is 4.34. The Bertz CT molecular complexity index is 1050. The summed E-state index contributed by atoms with van der Waals surface area (Å²) >= 11 is 1.06. The molecule has 8 nitrogen and oxygen atoms in total. The molecule has 0 bridgehead atoms. The number of anilines is 3. The van der Waals surface area contributed by atoms with Crippen LogP contribution >= 0.6 is 11.3 Å². The first-order valence-electron chi connectivity index (χ1n) is 6.60. The molecule has 0 saturated carbocycles. The normalized spacial score (nSPS) is 11.1. The third-order valence-electron chi connectivity index (χ3n) is 3.32. The number of carbonyl (C=O) groups is 1. The van der Waals surface area contributed by atoms with Gasteiger partial charge in [-0.15, -0.1) is 11.3 Å². The topological polar surface area (TPSA) is 130 Å². The van der Waals surface area contributed by atoms with Crippen molar-refractivity contribution in [2.75, 3.05) is 11.1 Å². The van der Waals surface area contributed by atoms with Crippen LogP contribution in [0.15, 0.2) is 30.5 Å². The molecule has 0 spiro atoms. The van der Waals surface area contributed by atoms with Gasteiger partial charge in [0.1, 0.15) is 15.5 Å². The van der Waals surface area contributed by atoms with Crippen LogP contribution in [0.25, 0.3) is 21.1 Å². The van der Waals surface area contributed by atoms with Crippen molar-refractivity contribution in [3.8, 4) is 0 Å². The number of rotatable bonds is 3. The number of thiophene rings is 1. The van der Waals surface area contributed by atoms with E-state index in [0.717, 1.165) is 27.9 Å². The van der Waals surface area contributed by atoms with Gasteiger partial charge in [0, 0.05) is 11.1 Å². The van der Waals surface area contributed by atoms with E-state index in [1.807, 2.05) is 18.2 Å². The van der Waals surface area contributed by atoms with Gasteiger partial charge in [-0.2, -0.15) is 10.1 Å². The average molecular weight is 326 g/mol. The zero-order chi connectivity index (χ0) is 16.0. The van der Waals surface area contributed by atoms with Crippen molar-refractivity contribution >= 4 is 55.9 Å². The Morgan fingerprint density at radius 3 is 3.00 bits per heavy atom. The van der Waals surface area contributed by atoms with Gasteiger partial charge in [0.15, 0.2) is 0 Å². The quantitative estimate of drug-likeness (QED) is 0.455. The largest absolute Gasteiger partial charge is 0.477 e. The van der Waals surface area contributed by atoms with E-state index in [1.54, 1.807) is 12.3 Å². The summed E-state index contributed by atoms with van der Waals surface area (Å²) in [7, 11) is 0. The lowest BCUT2D eigenvalue weighted by Crippen LogP contribution is -2.00. The molecule has 0 radical (unpaired) electrons. The molecule has 4 rings (SSSR count). The summed E-state index contributed by atoms with van der Waals surface area (Å²) in [6.45, 7) is 0. The smallest absolute Gasteiger partial charge is 0.345 e. The van der Waals surface area contributed by atoms with E-state index < -0.39 is 5.97 Å². The Kier molecular flexibility index (Phi) is 2.88. The van der Waals surface area contributed by atoms with Gasteiger partial charge in [-0.25, -0.2) is 9.78 Å². The van der Waals surface area contributed by atoms with Crippen molar-refractivity contribution in [3.05, 3.63) is 35.3 Å². The Morgan fingerprint density at radius 1 is 1.30 bits per heavy atom. The van der Waals surface area contributed by atoms with Gasteiger partial charge >= 0.3 is 5.97 Å². The minimum absolute atomic E-state index is 0.0863. The Labute approximate surface area is 133 Å². The van der Waals surface area contributed by atoms with Crippen molar-refractivity contribution < 1.29 is 9.90 Å². The van der Waals surface area contributed by atoms with Crippen molar-refractivity contribution in [2.45, 2.75) is 0 Å². The maximum absolute atomic E-state index is 11.1. The molecule has 4 aromatic rings. The number of aromatic nitrogens is 4. The Morgan fingerprint density at radius 2 is 2.17 bits per heavy atom. The number of nitrogens with zero attached hydrogens (tertiary/aromatic N) is 3. The molecule has 5 N–H and O–H groups in total. The molecule has 114 valence electrons. The summed E-state index contributed by atoms with van der Waals surface area (Å²) in [6.07, 6.45) is 1.72. The molecule has 0 aliphatic carbocycles. The second-order valence-corrected chi connectivity index (χ2v) is 5.89. The molecule has 23 heavy (non-hydrogen) atoms. The summed E-state index contributed by atoms with van der Waals surface area (Å²) in [5, 5.41) is 20.7. The first-order chi connectivity index (χ1) is 11.1. The number of benzene rings is 1. The Balaban J connectivity index is 1.81. The molecule has 0 saturated heterocycles. The molecule has 0 fully saturated rings. The van der Waals surface area contributed by atoms with Crippen LogP contribution in [0.1, 0.15) is 9.67 Å². The molecule has 0 atom stereocenters. The highest BCUT2D eigenvalue weighted by molar-refractivity contribution is 7.20. The number of hydrogen-bond donors (Lipinski definition) is 4. The summed E-state index contributed by atoms with van der Waals surface area (Å²) in [5.74, 6) is -0.445. The zero-order valence-corrected chi connectivity index (χ0v) is 12.4. The SMILES string of the molecule is Nc1nc(Nc2ccc3[nH]ncc3c2)c2cc(C(=O)O)sc2n1. The molecule has 0 aliphatic rings. The van der Waals surface area contributed by atoms with Gasteiger partial charge in [0.05, 0.1) is 17.1 Å². The first kappa shape index (κ1) is 13.5. The standard InChI is InChI=1S/C14H10N6O2S/c15-14-18-11(8-4-10(13(21)22)23-12(8)19-14)17-7-1-2-9-6(3-7)5-16-20-9/h1-5H,(H,16,20)(H,21,22)(H3,15,17,18,19). The van der Waals surface area contributed by atoms with Gasteiger partial charge in [0.25, 0.3) is 0 Å². The third kappa shape index (κ3) is 2.32. The lowest BCUT2D eigenvalue weighted by molar-refractivity contribution is 0.0702. The van der Waals surface area contributed by atoms with Crippen molar-refractivity contribution in [1.82, 2.24) is 20.2 Å². The van der Waals surface area contributed by atoms with E-state index in [1.165, 1.54) is 0 Å². The van der Waals surface area contributed by atoms with Gasteiger partial charge in [-0.3, -0.25) is 5.10 Å². The molecule has 9 heteroatoms. The van der Waals surface area contributed by atoms with Crippen molar-refractivity contribution in [2.24, 2.45) is 0 Å². The lowest BCUT2D eigenvalue weighted by atomic mass is 10.2. The predicted octanol–water partition coefficient (Wildman–Crippen LogP) is 2.59. The minimum atomic E-state index is -1.00. The fraction of sp³-hybridized carbons (Fsp3) is 0. The van der Waals surface area contributed by atoms with Crippen LogP contribution in [0.3, 0.4) is 0 Å². The summed E-state index contributed by atoms with van der Waals surface area (Å²) in [5.41, 5.74) is 7.44. The molecule has 3 heterocycles. The maximum atomic E-state index is 11.1. The lowest BCUT2D eigenvalue weighted by Gasteiger charge is -2.07. The molecular formula is C14H10N6O2S. The van der Waals surface area contributed by atoms with Crippen LogP contribution in [0.2, 0.25) is 0 Å². The molecule has 1 aromatic carbocycles. The number of fused-ring (bicyclic) bond motifs is 2. The molecule has 3 aromatic heterocycles. The number of nitrogens with one attached hydrogen (secondary N) is 2. The maximum Gasteiger partial charge on any atom is 0.345 e. The molecule has 0 unspecified atom stereocenters. The highest BCUT2D eigenvalue weighted by Gasteiger charge is 2.14. The number of nitrogen functional groups attached to an aromatic ring is 1. The van der Waals surface area contributed by atoms with Crippen molar-refractivity contribution in [3.63, 3.8) is 0 Å². The second kappa shape index (κ2) is 4.92. The fourth-order valence-corrected chi connectivity index (χ4v) is 3.17. The van der Waals surface area contributed by atoms with E-state index in [4.69, 9.17) is 10.8 Å². The van der Waals surface area contributed by atoms with Crippen LogP contribution in [-0.4, -0.2) is 31.2 Å². The van der Waals surface area contributed by atoms with Crippen LogP contribution < -0.4 is 11.1 Å². The predicted molar refractivity (Wildman–Crippen MR) is 88.2 cm³/mol. The van der Waals surface area contributed by atoms with E-state index in [9.17, 15) is 4.79 Å². The summed E-state index contributed by atoms with van der Waals surface area (Å²) in [4.78, 5) is 20.1. The second-order valence-electron chi connectivity index (χ2n) is 4.86. The summed E-state index contributed by atoms with van der Waals surface area (Å²) in [6, 6.07) is 7.21. The first-order valence-corrected chi connectivity index (χ1v) is 7.42. The van der Waals surface area contributed by atoms with Gasteiger partial charge < -0.3 is 16.2 Å². The van der Waals surface area contributed by atoms with E-state index >= 15 is 0 Å². The van der Waals surface area contributed by atoms with Crippen LogP contribution in [0, 0.1) is 0 Å². The average Bonchev–Trinajstić information content (AvgIpc) is 3.12. The van der Waals surface area contributed by atoms with Crippen LogP contribution in [0.5, 0.6) is 0 Å². The zero-order valence-electron chi connectivity index (χ0n) is 11.6. The van der Waals surface area contributed by atoms with Gasteiger partial charge in [0.2, 0.25) is 5.95 Å². The number of carboxylic acids is 1. The minimum Gasteiger partial charge on any atom is -0.477 e. The van der Waals surface area contributed by atoms with E-state index in [0.29, 0.717) is 16.0 Å². The summed E-state index contributed by atoms with van der Waals surface area (Å²) < 4.78 is 0. The van der Waals surface area contributed by atoms with E-state index in [-0.39, 0.29) is 10.8 Å². The molecular weight excluding hydrogens is 316 g/mol. The van der Waals surface area contributed by atoms with Crippen molar-refractivity contribution in [1.29, 1.82) is 0 Å². The van der Waals surface area contributed by atoms with Gasteiger partial charge in [-0.1, -0.05) is 0 Å². The molecule has 0 aliphatic heterocycles. The number of aromatic amines is 1. The number of carboxylic acid groups (broad SMARTS) is 1. The highest BCUT2D eigenvalue weighted by Crippen LogP contribution is 2.31. The monoisotopic (exact) mass is 326 g/mol. The van der Waals surface area contributed by atoms with Crippen LogP contribution in [-0.2, 0) is 0 Å². The van der Waals surface area contributed by atoms with Gasteiger partial charge in [-0.05, 0) is 24.3 Å². The fourth-order valence-electron chi connectivity index (χ4n) is 2.30. The number of nitrogens with two attached hydrogens (primary N) is 1. The number of hydrogen-bond acceptors (Lipinski definition) is 7.